The summed E-state index contributed by atoms with van der Waals surface area (Å²) in [6.45, 7) is 11.1. The average Bonchev–Trinajstić information content (AvgIpc) is 2.30. The van der Waals surface area contributed by atoms with Gasteiger partial charge in [0.15, 0.2) is 0 Å². The molecule has 2 unspecified atom stereocenters. The summed E-state index contributed by atoms with van der Waals surface area (Å²) in [4.78, 5) is 4.91. The van der Waals surface area contributed by atoms with Gasteiger partial charge in [-0.3, -0.25) is 4.90 Å². The summed E-state index contributed by atoms with van der Waals surface area (Å²) < 4.78 is 13.0. The number of rotatable bonds is 2. The second-order valence-electron chi connectivity index (χ2n) is 5.63. The van der Waals surface area contributed by atoms with E-state index in [9.17, 15) is 4.39 Å². The van der Waals surface area contributed by atoms with Gasteiger partial charge in [0.05, 0.1) is 0 Å². The van der Waals surface area contributed by atoms with Gasteiger partial charge in [-0.25, -0.2) is 4.39 Å². The fraction of sp³-hybridized carbons (Fsp3) is 0.600. The van der Waals surface area contributed by atoms with Crippen LogP contribution in [0.4, 0.5) is 10.1 Å². The molecular formula is C15H23FN2. The molecule has 1 aliphatic heterocycles. The molecule has 1 fully saturated rings. The Morgan fingerprint density at radius 2 is 1.56 bits per heavy atom. The van der Waals surface area contributed by atoms with Crippen molar-refractivity contribution in [2.75, 3.05) is 18.0 Å². The first-order valence-corrected chi connectivity index (χ1v) is 6.77. The molecule has 2 nitrogen and oxygen atoms in total. The molecule has 1 heterocycles. The summed E-state index contributed by atoms with van der Waals surface area (Å²) in [5, 5.41) is 0. The fourth-order valence-electron chi connectivity index (χ4n) is 2.91. The van der Waals surface area contributed by atoms with Gasteiger partial charge >= 0.3 is 0 Å². The molecule has 18 heavy (non-hydrogen) atoms. The van der Waals surface area contributed by atoms with Crippen LogP contribution in [0.3, 0.4) is 0 Å². The zero-order valence-corrected chi connectivity index (χ0v) is 11.7. The van der Waals surface area contributed by atoms with Crippen molar-refractivity contribution in [2.24, 2.45) is 0 Å². The van der Waals surface area contributed by atoms with Gasteiger partial charge < -0.3 is 4.90 Å². The van der Waals surface area contributed by atoms with Crippen LogP contribution in [0.2, 0.25) is 0 Å². The first-order chi connectivity index (χ1) is 8.49. The third-order valence-corrected chi connectivity index (χ3v) is 3.80. The maximum Gasteiger partial charge on any atom is 0.123 e. The van der Waals surface area contributed by atoms with Gasteiger partial charge in [-0.2, -0.15) is 0 Å². The van der Waals surface area contributed by atoms with E-state index in [0.29, 0.717) is 18.1 Å². The van der Waals surface area contributed by atoms with E-state index >= 15 is 0 Å². The van der Waals surface area contributed by atoms with Gasteiger partial charge in [0.2, 0.25) is 0 Å². The van der Waals surface area contributed by atoms with Crippen molar-refractivity contribution in [3.63, 3.8) is 0 Å². The van der Waals surface area contributed by atoms with E-state index in [-0.39, 0.29) is 5.82 Å². The lowest BCUT2D eigenvalue weighted by atomic mass is 10.0. The first kappa shape index (κ1) is 13.3. The third kappa shape index (κ3) is 2.66. The number of halogens is 1. The maximum atomic E-state index is 13.0. The maximum absolute atomic E-state index is 13.0. The normalized spacial score (nSPS) is 25.8. The number of hydrogen-bond acceptors (Lipinski definition) is 2. The average molecular weight is 250 g/mol. The molecule has 100 valence electrons. The molecule has 0 spiro atoms. The van der Waals surface area contributed by atoms with Gasteiger partial charge in [0, 0.05) is 36.9 Å². The second-order valence-corrected chi connectivity index (χ2v) is 5.63. The highest BCUT2D eigenvalue weighted by Gasteiger charge is 2.30. The molecular weight excluding hydrogens is 227 g/mol. The lowest BCUT2D eigenvalue weighted by Crippen LogP contribution is -2.58. The zero-order chi connectivity index (χ0) is 13.3. The van der Waals surface area contributed by atoms with Gasteiger partial charge in [-0.05, 0) is 52.0 Å². The van der Waals surface area contributed by atoms with Crippen molar-refractivity contribution in [1.82, 2.24) is 4.90 Å². The Labute approximate surface area is 109 Å². The molecule has 1 aromatic carbocycles. The molecule has 0 N–H and O–H groups in total. The van der Waals surface area contributed by atoms with Crippen LogP contribution in [0.15, 0.2) is 24.3 Å². The molecule has 0 bridgehead atoms. The molecule has 1 saturated heterocycles. The van der Waals surface area contributed by atoms with Crippen LogP contribution >= 0.6 is 0 Å². The molecule has 0 aromatic heterocycles. The van der Waals surface area contributed by atoms with Crippen molar-refractivity contribution < 1.29 is 4.39 Å². The number of nitrogens with zero attached hydrogens (tertiary/aromatic N) is 2. The Morgan fingerprint density at radius 3 is 2.00 bits per heavy atom. The molecule has 0 aliphatic carbocycles. The van der Waals surface area contributed by atoms with Gasteiger partial charge in [0.25, 0.3) is 0 Å². The highest BCUT2D eigenvalue weighted by molar-refractivity contribution is 5.49. The Balaban J connectivity index is 2.17. The first-order valence-electron chi connectivity index (χ1n) is 6.77. The SMILES string of the molecule is CC(C)N1CC(C)N(c2ccc(F)cc2)C(C)C1. The van der Waals surface area contributed by atoms with Crippen LogP contribution in [0.5, 0.6) is 0 Å². The quantitative estimate of drug-likeness (QED) is 0.795. The van der Waals surface area contributed by atoms with Crippen LogP contribution in [0.25, 0.3) is 0 Å². The molecule has 0 radical (unpaired) electrons. The molecule has 2 atom stereocenters. The van der Waals surface area contributed by atoms with E-state index in [2.05, 4.69) is 37.5 Å². The van der Waals surface area contributed by atoms with Crippen molar-refractivity contribution in [3.05, 3.63) is 30.1 Å². The second kappa shape index (κ2) is 5.27. The Bertz CT molecular complexity index is 376. The van der Waals surface area contributed by atoms with Crippen molar-refractivity contribution in [2.45, 2.75) is 45.8 Å². The van der Waals surface area contributed by atoms with Crippen LogP contribution in [-0.2, 0) is 0 Å². The van der Waals surface area contributed by atoms with E-state index < -0.39 is 0 Å². The molecule has 3 heteroatoms. The van der Waals surface area contributed by atoms with E-state index in [1.165, 1.54) is 0 Å². The minimum atomic E-state index is -0.167. The predicted molar refractivity (Wildman–Crippen MR) is 74.5 cm³/mol. The van der Waals surface area contributed by atoms with Crippen molar-refractivity contribution in [3.8, 4) is 0 Å². The summed E-state index contributed by atoms with van der Waals surface area (Å²) in [5.41, 5.74) is 1.12. The summed E-state index contributed by atoms with van der Waals surface area (Å²) in [7, 11) is 0. The highest BCUT2D eigenvalue weighted by atomic mass is 19.1. The number of hydrogen-bond donors (Lipinski definition) is 0. The summed E-state index contributed by atoms with van der Waals surface area (Å²) in [5.74, 6) is -0.167. The van der Waals surface area contributed by atoms with Gasteiger partial charge in [0.1, 0.15) is 5.82 Å². The third-order valence-electron chi connectivity index (χ3n) is 3.80. The fourth-order valence-corrected chi connectivity index (χ4v) is 2.91. The number of benzene rings is 1. The molecule has 2 rings (SSSR count). The predicted octanol–water partition coefficient (Wildman–Crippen LogP) is 3.13. The monoisotopic (exact) mass is 250 g/mol. The minimum absolute atomic E-state index is 0.167. The van der Waals surface area contributed by atoms with Crippen LogP contribution < -0.4 is 4.90 Å². The highest BCUT2D eigenvalue weighted by Crippen LogP contribution is 2.25. The van der Waals surface area contributed by atoms with Crippen molar-refractivity contribution in [1.29, 1.82) is 0 Å². The molecule has 0 amide bonds. The number of piperazine rings is 1. The summed E-state index contributed by atoms with van der Waals surface area (Å²) >= 11 is 0. The van der Waals surface area contributed by atoms with Gasteiger partial charge in [-0.15, -0.1) is 0 Å². The van der Waals surface area contributed by atoms with E-state index in [1.807, 2.05) is 12.1 Å². The largest absolute Gasteiger partial charge is 0.364 e. The van der Waals surface area contributed by atoms with Crippen LogP contribution in [0.1, 0.15) is 27.7 Å². The molecule has 1 aliphatic rings. The Hall–Kier alpha value is -1.09. The molecule has 1 aromatic rings. The smallest absolute Gasteiger partial charge is 0.123 e. The lowest BCUT2D eigenvalue weighted by molar-refractivity contribution is 0.161. The summed E-state index contributed by atoms with van der Waals surface area (Å²) in [6.07, 6.45) is 0. The Kier molecular flexibility index (Phi) is 3.91. The standard InChI is InChI=1S/C15H23FN2/c1-11(2)17-9-12(3)18(13(4)10-17)15-7-5-14(16)6-8-15/h5-8,11-13H,9-10H2,1-4H3. The topological polar surface area (TPSA) is 6.48 Å². The molecule has 0 saturated carbocycles. The Morgan fingerprint density at radius 1 is 1.06 bits per heavy atom. The van der Waals surface area contributed by atoms with E-state index in [1.54, 1.807) is 12.1 Å². The van der Waals surface area contributed by atoms with E-state index in [4.69, 9.17) is 0 Å². The van der Waals surface area contributed by atoms with Crippen molar-refractivity contribution >= 4 is 5.69 Å². The minimum Gasteiger partial charge on any atom is -0.364 e. The van der Waals surface area contributed by atoms with Crippen LogP contribution in [0, 0.1) is 5.82 Å². The van der Waals surface area contributed by atoms with Gasteiger partial charge in [-0.1, -0.05) is 0 Å². The lowest BCUT2D eigenvalue weighted by Gasteiger charge is -2.47. The summed E-state index contributed by atoms with van der Waals surface area (Å²) in [6, 6.07) is 8.36. The zero-order valence-electron chi connectivity index (χ0n) is 11.7. The van der Waals surface area contributed by atoms with Crippen LogP contribution in [-0.4, -0.2) is 36.1 Å². The van der Waals surface area contributed by atoms with E-state index in [0.717, 1.165) is 18.8 Å². The number of anilines is 1.